The van der Waals surface area contributed by atoms with E-state index in [1.807, 2.05) is 0 Å². The molecule has 3 aliphatic rings. The summed E-state index contributed by atoms with van der Waals surface area (Å²) >= 11 is 0. The van der Waals surface area contributed by atoms with Crippen LogP contribution in [0, 0.1) is 0 Å². The highest BCUT2D eigenvalue weighted by Crippen LogP contribution is 2.39. The number of morpholine rings is 1. The molecule has 0 amide bonds. The van der Waals surface area contributed by atoms with E-state index in [0.717, 1.165) is 44.5 Å². The van der Waals surface area contributed by atoms with E-state index in [1.165, 1.54) is 12.1 Å². The van der Waals surface area contributed by atoms with Crippen molar-refractivity contribution in [1.29, 1.82) is 0 Å². The molecule has 1 aliphatic carbocycles. The van der Waals surface area contributed by atoms with E-state index in [0.29, 0.717) is 11.9 Å². The van der Waals surface area contributed by atoms with Crippen molar-refractivity contribution in [3.05, 3.63) is 24.3 Å². The van der Waals surface area contributed by atoms with Gasteiger partial charge in [0.25, 0.3) is 0 Å². The standard InChI is InChI=1S/C20H30N6O/c1-14-12-25(13-15(2)27-14)16-6-8-17(9-7-16)26-19(22)23-18(21)24-20(26)10-4-3-5-11-20/h6-9,14-15H,3-5,10-13H2,1-2H3,(H4,21,22,23,24). The maximum atomic E-state index is 6.31. The molecule has 2 aliphatic heterocycles. The second-order valence-corrected chi connectivity index (χ2v) is 8.00. The molecule has 146 valence electrons. The van der Waals surface area contributed by atoms with E-state index in [-0.39, 0.29) is 12.2 Å². The zero-order valence-electron chi connectivity index (χ0n) is 16.3. The van der Waals surface area contributed by atoms with Gasteiger partial charge >= 0.3 is 0 Å². The summed E-state index contributed by atoms with van der Waals surface area (Å²) in [5.41, 5.74) is 14.1. The number of guanidine groups is 2. The van der Waals surface area contributed by atoms with Crippen molar-refractivity contribution in [2.24, 2.45) is 21.5 Å². The summed E-state index contributed by atoms with van der Waals surface area (Å²) in [6, 6.07) is 8.56. The Balaban J connectivity index is 1.61. The smallest absolute Gasteiger partial charge is 0.220 e. The first-order valence-corrected chi connectivity index (χ1v) is 9.97. The molecule has 2 heterocycles. The third kappa shape index (κ3) is 3.48. The van der Waals surface area contributed by atoms with E-state index in [1.54, 1.807) is 0 Å². The quantitative estimate of drug-likeness (QED) is 0.834. The number of benzene rings is 1. The molecule has 1 aromatic carbocycles. The van der Waals surface area contributed by atoms with Gasteiger partial charge in [0.15, 0.2) is 0 Å². The van der Waals surface area contributed by atoms with Crippen molar-refractivity contribution < 1.29 is 4.74 Å². The Morgan fingerprint density at radius 3 is 2.19 bits per heavy atom. The van der Waals surface area contributed by atoms with Gasteiger partial charge in [-0.1, -0.05) is 6.42 Å². The highest BCUT2D eigenvalue weighted by Gasteiger charge is 2.42. The van der Waals surface area contributed by atoms with Crippen molar-refractivity contribution in [2.75, 3.05) is 22.9 Å². The van der Waals surface area contributed by atoms with Gasteiger partial charge in [-0.3, -0.25) is 4.90 Å². The number of hydrogen-bond donors (Lipinski definition) is 2. The lowest BCUT2D eigenvalue weighted by Gasteiger charge is -2.45. The Morgan fingerprint density at radius 2 is 1.56 bits per heavy atom. The summed E-state index contributed by atoms with van der Waals surface area (Å²) < 4.78 is 5.85. The van der Waals surface area contributed by atoms with E-state index >= 15 is 0 Å². The van der Waals surface area contributed by atoms with Crippen LogP contribution in [0.3, 0.4) is 0 Å². The highest BCUT2D eigenvalue weighted by atomic mass is 16.5. The van der Waals surface area contributed by atoms with Gasteiger partial charge in [-0.25, -0.2) is 4.99 Å². The van der Waals surface area contributed by atoms with Crippen LogP contribution >= 0.6 is 0 Å². The van der Waals surface area contributed by atoms with Crippen molar-refractivity contribution in [2.45, 2.75) is 63.8 Å². The molecular formula is C20H30N6O. The molecule has 0 radical (unpaired) electrons. The fourth-order valence-corrected chi connectivity index (χ4v) is 4.70. The van der Waals surface area contributed by atoms with Gasteiger partial charge in [0.2, 0.25) is 11.9 Å². The molecule has 1 saturated heterocycles. The highest BCUT2D eigenvalue weighted by molar-refractivity contribution is 6.05. The van der Waals surface area contributed by atoms with Crippen molar-refractivity contribution >= 4 is 23.3 Å². The first kappa shape index (κ1) is 18.1. The third-order valence-electron chi connectivity index (χ3n) is 5.74. The molecule has 0 bridgehead atoms. The normalized spacial score (nSPS) is 28.1. The van der Waals surface area contributed by atoms with Crippen LogP contribution in [0.4, 0.5) is 11.4 Å². The van der Waals surface area contributed by atoms with Crippen molar-refractivity contribution in [1.82, 2.24) is 0 Å². The molecule has 4 rings (SSSR count). The molecule has 27 heavy (non-hydrogen) atoms. The topological polar surface area (TPSA) is 92.5 Å². The lowest BCUT2D eigenvalue weighted by Crippen LogP contribution is -2.58. The molecule has 4 N–H and O–H groups in total. The Bertz CT molecular complexity index is 727. The Labute approximate surface area is 161 Å². The van der Waals surface area contributed by atoms with Gasteiger partial charge in [-0.2, -0.15) is 4.99 Å². The molecule has 2 unspecified atom stereocenters. The van der Waals surface area contributed by atoms with E-state index < -0.39 is 5.66 Å². The van der Waals surface area contributed by atoms with Crippen LogP contribution in [0.2, 0.25) is 0 Å². The maximum Gasteiger partial charge on any atom is 0.220 e. The molecule has 2 atom stereocenters. The van der Waals surface area contributed by atoms with Crippen LogP contribution in [-0.4, -0.2) is 42.9 Å². The number of nitrogens with zero attached hydrogens (tertiary/aromatic N) is 4. The number of ether oxygens (including phenoxy) is 1. The van der Waals surface area contributed by atoms with Crippen LogP contribution in [0.5, 0.6) is 0 Å². The second-order valence-electron chi connectivity index (χ2n) is 8.00. The predicted molar refractivity (Wildman–Crippen MR) is 110 cm³/mol. The summed E-state index contributed by atoms with van der Waals surface area (Å²) in [7, 11) is 0. The molecular weight excluding hydrogens is 340 g/mol. The monoisotopic (exact) mass is 370 g/mol. The van der Waals surface area contributed by atoms with Crippen LogP contribution in [0.15, 0.2) is 34.3 Å². The molecule has 1 spiro atoms. The van der Waals surface area contributed by atoms with Crippen LogP contribution < -0.4 is 21.3 Å². The SMILES string of the molecule is CC1CN(c2ccc(N3C(N)=NC(N)=NC34CCCCC4)cc2)CC(C)O1. The van der Waals surface area contributed by atoms with Gasteiger partial charge in [0, 0.05) is 24.5 Å². The summed E-state index contributed by atoms with van der Waals surface area (Å²) in [5.74, 6) is 0.726. The zero-order chi connectivity index (χ0) is 19.0. The Kier molecular flexibility index (Phi) is 4.72. The van der Waals surface area contributed by atoms with Gasteiger partial charge in [0.1, 0.15) is 5.66 Å². The van der Waals surface area contributed by atoms with Crippen molar-refractivity contribution in [3.63, 3.8) is 0 Å². The number of nitrogens with two attached hydrogens (primary N) is 2. The Hall–Kier alpha value is -2.28. The minimum Gasteiger partial charge on any atom is -0.372 e. The average Bonchev–Trinajstić information content (AvgIpc) is 2.61. The second kappa shape index (κ2) is 7.03. The summed E-state index contributed by atoms with van der Waals surface area (Å²) in [6.45, 7) is 6.05. The lowest BCUT2D eigenvalue weighted by atomic mass is 9.87. The molecule has 7 heteroatoms. The van der Waals surface area contributed by atoms with Crippen molar-refractivity contribution in [3.8, 4) is 0 Å². The van der Waals surface area contributed by atoms with Gasteiger partial charge in [0.05, 0.1) is 12.2 Å². The molecule has 7 nitrogen and oxygen atoms in total. The van der Waals surface area contributed by atoms with E-state index in [4.69, 9.17) is 21.2 Å². The molecule has 0 aromatic heterocycles. The number of anilines is 2. The molecule has 2 fully saturated rings. The first-order chi connectivity index (χ1) is 13.0. The first-order valence-electron chi connectivity index (χ1n) is 9.97. The van der Waals surface area contributed by atoms with E-state index in [9.17, 15) is 0 Å². The summed E-state index contributed by atoms with van der Waals surface area (Å²) in [6.07, 6.45) is 5.86. The predicted octanol–water partition coefficient (Wildman–Crippen LogP) is 2.41. The average molecular weight is 371 g/mol. The maximum absolute atomic E-state index is 6.31. The molecule has 1 saturated carbocycles. The fourth-order valence-electron chi connectivity index (χ4n) is 4.70. The zero-order valence-corrected chi connectivity index (χ0v) is 16.3. The number of aliphatic imine (C=N–C) groups is 2. The summed E-state index contributed by atoms with van der Waals surface area (Å²) in [4.78, 5) is 13.4. The number of hydrogen-bond acceptors (Lipinski definition) is 7. The largest absolute Gasteiger partial charge is 0.372 e. The third-order valence-corrected chi connectivity index (χ3v) is 5.74. The van der Waals surface area contributed by atoms with Crippen LogP contribution in [0.25, 0.3) is 0 Å². The van der Waals surface area contributed by atoms with E-state index in [2.05, 4.69) is 52.9 Å². The Morgan fingerprint density at radius 1 is 0.963 bits per heavy atom. The fraction of sp³-hybridized carbons (Fsp3) is 0.600. The van der Waals surface area contributed by atoms with Crippen LogP contribution in [-0.2, 0) is 4.74 Å². The van der Waals surface area contributed by atoms with Gasteiger partial charge in [-0.15, -0.1) is 0 Å². The van der Waals surface area contributed by atoms with Crippen LogP contribution in [0.1, 0.15) is 46.0 Å². The number of rotatable bonds is 2. The summed E-state index contributed by atoms with van der Waals surface area (Å²) in [5, 5.41) is 0. The minimum atomic E-state index is -0.391. The lowest BCUT2D eigenvalue weighted by molar-refractivity contribution is -0.00521. The van der Waals surface area contributed by atoms with Gasteiger partial charge in [-0.05, 0) is 63.8 Å². The molecule has 1 aromatic rings. The minimum absolute atomic E-state index is 0.237. The van der Waals surface area contributed by atoms with Gasteiger partial charge < -0.3 is 21.1 Å².